The second-order valence-corrected chi connectivity index (χ2v) is 7.56. The van der Waals surface area contributed by atoms with Crippen LogP contribution < -0.4 is 29.0 Å². The summed E-state index contributed by atoms with van der Waals surface area (Å²) in [4.78, 5) is 0. The van der Waals surface area contributed by atoms with Crippen molar-refractivity contribution in [3.63, 3.8) is 0 Å². The van der Waals surface area contributed by atoms with Crippen molar-refractivity contribution in [2.45, 2.75) is 18.9 Å². The van der Waals surface area contributed by atoms with E-state index in [4.69, 9.17) is 23.7 Å². The van der Waals surface area contributed by atoms with Crippen molar-refractivity contribution in [2.75, 3.05) is 34.7 Å². The Morgan fingerprint density at radius 2 is 1.58 bits per heavy atom. The van der Waals surface area contributed by atoms with Gasteiger partial charge in [0.2, 0.25) is 6.79 Å². The Bertz CT molecular complexity index is 1060. The molecule has 0 bridgehead atoms. The van der Waals surface area contributed by atoms with Gasteiger partial charge in [0.1, 0.15) is 5.75 Å². The largest absolute Gasteiger partial charge is 0.496 e. The predicted molar refractivity (Wildman–Crippen MR) is 131 cm³/mol. The van der Waals surface area contributed by atoms with E-state index in [-0.39, 0.29) is 25.1 Å². The van der Waals surface area contributed by atoms with E-state index in [0.29, 0.717) is 0 Å². The second kappa shape index (κ2) is 11.7. The second-order valence-electron chi connectivity index (χ2n) is 7.56. The molecule has 176 valence electrons. The number of hydrogen-bond acceptors (Lipinski definition) is 6. The van der Waals surface area contributed by atoms with Crippen LogP contribution in [0, 0.1) is 0 Å². The number of methoxy groups -OCH3 is 3. The first-order chi connectivity index (χ1) is 15.7. The number of halogens is 1. The van der Waals surface area contributed by atoms with Gasteiger partial charge in [-0.15, -0.1) is 12.4 Å². The van der Waals surface area contributed by atoms with E-state index in [2.05, 4.69) is 29.6 Å². The van der Waals surface area contributed by atoms with Crippen LogP contribution >= 0.6 is 12.4 Å². The zero-order valence-corrected chi connectivity index (χ0v) is 19.9. The fourth-order valence-electron chi connectivity index (χ4n) is 4.06. The van der Waals surface area contributed by atoms with Crippen LogP contribution in [0.2, 0.25) is 0 Å². The Morgan fingerprint density at radius 3 is 2.36 bits per heavy atom. The Labute approximate surface area is 201 Å². The minimum atomic E-state index is 0. The third-order valence-electron chi connectivity index (χ3n) is 5.70. The molecule has 1 aliphatic heterocycles. The van der Waals surface area contributed by atoms with Crippen molar-refractivity contribution in [3.05, 3.63) is 77.4 Å². The molecule has 1 heterocycles. The van der Waals surface area contributed by atoms with E-state index >= 15 is 0 Å². The van der Waals surface area contributed by atoms with Gasteiger partial charge in [-0.3, -0.25) is 0 Å². The lowest BCUT2D eigenvalue weighted by atomic mass is 9.87. The van der Waals surface area contributed by atoms with Crippen LogP contribution in [0.1, 0.15) is 29.0 Å². The number of rotatable bonds is 10. The van der Waals surface area contributed by atoms with Crippen molar-refractivity contribution in [2.24, 2.45) is 0 Å². The smallest absolute Gasteiger partial charge is 0.231 e. The number of nitrogens with one attached hydrogen (secondary N) is 1. The summed E-state index contributed by atoms with van der Waals surface area (Å²) in [5.41, 5.74) is 3.47. The molecule has 0 spiro atoms. The topological polar surface area (TPSA) is 58.2 Å². The highest BCUT2D eigenvalue weighted by molar-refractivity contribution is 5.85. The molecule has 33 heavy (non-hydrogen) atoms. The molecular weight excluding hydrogens is 442 g/mol. The first-order valence-corrected chi connectivity index (χ1v) is 10.7. The average Bonchev–Trinajstić information content (AvgIpc) is 3.32. The Hall–Kier alpha value is -3.09. The van der Waals surface area contributed by atoms with Crippen molar-refractivity contribution < 1.29 is 23.7 Å². The third-order valence-corrected chi connectivity index (χ3v) is 5.70. The van der Waals surface area contributed by atoms with Crippen molar-refractivity contribution in [1.29, 1.82) is 0 Å². The number of hydrogen-bond donors (Lipinski definition) is 1. The minimum absolute atomic E-state index is 0. The van der Waals surface area contributed by atoms with E-state index in [0.717, 1.165) is 59.4 Å². The van der Waals surface area contributed by atoms with Gasteiger partial charge >= 0.3 is 0 Å². The lowest BCUT2D eigenvalue weighted by molar-refractivity contribution is 0.174. The van der Waals surface area contributed by atoms with E-state index in [1.54, 1.807) is 21.3 Å². The highest BCUT2D eigenvalue weighted by atomic mass is 35.5. The Kier molecular flexibility index (Phi) is 8.69. The molecule has 3 aromatic carbocycles. The Morgan fingerprint density at radius 1 is 0.818 bits per heavy atom. The van der Waals surface area contributed by atoms with E-state index in [1.165, 1.54) is 5.56 Å². The zero-order valence-electron chi connectivity index (χ0n) is 19.1. The quantitative estimate of drug-likeness (QED) is 0.411. The van der Waals surface area contributed by atoms with E-state index in [1.807, 2.05) is 36.4 Å². The molecule has 0 aromatic heterocycles. The van der Waals surface area contributed by atoms with Gasteiger partial charge in [-0.2, -0.15) is 0 Å². The molecule has 1 aliphatic rings. The molecular formula is C26H30ClNO5. The lowest BCUT2D eigenvalue weighted by Gasteiger charge is -2.21. The van der Waals surface area contributed by atoms with Crippen molar-refractivity contribution in [3.8, 4) is 28.7 Å². The molecule has 1 N–H and O–H groups in total. The van der Waals surface area contributed by atoms with E-state index < -0.39 is 0 Å². The fourth-order valence-corrected chi connectivity index (χ4v) is 4.06. The molecule has 0 fully saturated rings. The van der Waals surface area contributed by atoms with Gasteiger partial charge in [-0.05, 0) is 54.4 Å². The van der Waals surface area contributed by atoms with E-state index in [9.17, 15) is 0 Å². The van der Waals surface area contributed by atoms with Crippen LogP contribution in [0.25, 0.3) is 0 Å². The molecule has 3 aromatic rings. The van der Waals surface area contributed by atoms with Crippen LogP contribution in [0.5, 0.6) is 28.7 Å². The molecule has 1 atom stereocenters. The number of para-hydroxylation sites is 1. The van der Waals surface area contributed by atoms with Gasteiger partial charge in [0.25, 0.3) is 0 Å². The van der Waals surface area contributed by atoms with Crippen molar-refractivity contribution in [1.82, 2.24) is 5.32 Å². The van der Waals surface area contributed by atoms with Gasteiger partial charge < -0.3 is 29.0 Å². The van der Waals surface area contributed by atoms with Crippen LogP contribution in [-0.2, 0) is 6.54 Å². The molecule has 0 saturated carbocycles. The molecule has 6 nitrogen and oxygen atoms in total. The summed E-state index contributed by atoms with van der Waals surface area (Å²) in [6, 6.07) is 20.3. The SMILES string of the molecule is COc1ccc(CNCCC(c2ccc3c(c2)OCO3)c2ccccc2OC)cc1OC.Cl. The summed E-state index contributed by atoms with van der Waals surface area (Å²) >= 11 is 0. The molecule has 1 unspecified atom stereocenters. The summed E-state index contributed by atoms with van der Waals surface area (Å²) in [7, 11) is 5.01. The van der Waals surface area contributed by atoms with Gasteiger partial charge in [0.05, 0.1) is 21.3 Å². The first-order valence-electron chi connectivity index (χ1n) is 10.7. The van der Waals surface area contributed by atoms with Gasteiger partial charge in [0.15, 0.2) is 23.0 Å². The van der Waals surface area contributed by atoms with Crippen LogP contribution in [0.15, 0.2) is 60.7 Å². The third kappa shape index (κ3) is 5.64. The molecule has 0 amide bonds. The van der Waals surface area contributed by atoms with Gasteiger partial charge in [0, 0.05) is 18.0 Å². The maximum atomic E-state index is 5.66. The number of fused-ring (bicyclic) bond motifs is 1. The highest BCUT2D eigenvalue weighted by Crippen LogP contribution is 2.39. The summed E-state index contributed by atoms with van der Waals surface area (Å²) in [6.45, 7) is 1.83. The molecule has 7 heteroatoms. The summed E-state index contributed by atoms with van der Waals surface area (Å²) in [5.74, 6) is 4.09. The normalized spacial score (nSPS) is 12.6. The van der Waals surface area contributed by atoms with Gasteiger partial charge in [-0.1, -0.05) is 30.3 Å². The Balaban J connectivity index is 0.00000306. The molecule has 0 saturated heterocycles. The minimum Gasteiger partial charge on any atom is -0.496 e. The standard InChI is InChI=1S/C26H29NO5.ClH/c1-28-22-7-5-4-6-21(22)20(19-9-11-24-26(15-19)32-17-31-24)12-13-27-16-18-8-10-23(29-2)25(14-18)30-3;/h4-11,14-15,20,27H,12-13,16-17H2,1-3H3;1H. The summed E-state index contributed by atoms with van der Waals surface area (Å²) in [6.07, 6.45) is 0.896. The summed E-state index contributed by atoms with van der Waals surface area (Å²) in [5, 5.41) is 3.56. The highest BCUT2D eigenvalue weighted by Gasteiger charge is 2.21. The van der Waals surface area contributed by atoms with Crippen LogP contribution in [0.4, 0.5) is 0 Å². The predicted octanol–water partition coefficient (Wildman–Crippen LogP) is 5.17. The molecule has 4 rings (SSSR count). The monoisotopic (exact) mass is 471 g/mol. The average molecular weight is 472 g/mol. The van der Waals surface area contributed by atoms with Crippen molar-refractivity contribution >= 4 is 12.4 Å². The lowest BCUT2D eigenvalue weighted by Crippen LogP contribution is -2.18. The number of benzene rings is 3. The molecule has 0 radical (unpaired) electrons. The maximum absolute atomic E-state index is 5.66. The van der Waals surface area contributed by atoms with Crippen LogP contribution in [-0.4, -0.2) is 34.7 Å². The maximum Gasteiger partial charge on any atom is 0.231 e. The molecule has 0 aliphatic carbocycles. The van der Waals surface area contributed by atoms with Gasteiger partial charge in [-0.25, -0.2) is 0 Å². The summed E-state index contributed by atoms with van der Waals surface area (Å²) < 4.78 is 27.5. The zero-order chi connectivity index (χ0) is 22.3. The number of ether oxygens (including phenoxy) is 5. The fraction of sp³-hybridized carbons (Fsp3) is 0.308. The first kappa shape index (κ1) is 24.6. The van der Waals surface area contributed by atoms with Crippen LogP contribution in [0.3, 0.4) is 0 Å².